The van der Waals surface area contributed by atoms with E-state index >= 15 is 0 Å². The summed E-state index contributed by atoms with van der Waals surface area (Å²) in [6, 6.07) is 9.45. The van der Waals surface area contributed by atoms with Crippen LogP contribution < -0.4 is 4.74 Å². The highest BCUT2D eigenvalue weighted by Gasteiger charge is 2.07. The van der Waals surface area contributed by atoms with Crippen molar-refractivity contribution in [2.45, 2.75) is 6.92 Å². The number of carboxylic acids is 1. The zero-order chi connectivity index (χ0) is 12.3. The summed E-state index contributed by atoms with van der Waals surface area (Å²) in [5, 5.41) is 8.62. The Labute approximate surface area is 99.1 Å². The molecule has 0 aliphatic heterocycles. The third kappa shape index (κ3) is 2.66. The first-order valence-electron chi connectivity index (χ1n) is 5.25. The normalized spacial score (nSPS) is 10.2. The van der Waals surface area contributed by atoms with Gasteiger partial charge in [-0.15, -0.1) is 0 Å². The molecule has 2 aromatic rings. The van der Waals surface area contributed by atoms with Gasteiger partial charge in [-0.05, 0) is 36.8 Å². The van der Waals surface area contributed by atoms with E-state index < -0.39 is 5.97 Å². The van der Waals surface area contributed by atoms with Crippen LogP contribution in [0.5, 0.6) is 5.75 Å². The molecule has 0 spiro atoms. The third-order valence-corrected chi connectivity index (χ3v) is 2.35. The Morgan fingerprint density at radius 1 is 1.35 bits per heavy atom. The van der Waals surface area contributed by atoms with Gasteiger partial charge in [-0.3, -0.25) is 0 Å². The third-order valence-electron chi connectivity index (χ3n) is 2.35. The van der Waals surface area contributed by atoms with Gasteiger partial charge in [0.25, 0.3) is 0 Å². The first-order chi connectivity index (χ1) is 8.16. The van der Waals surface area contributed by atoms with Crippen LogP contribution >= 0.6 is 0 Å². The maximum Gasteiger partial charge on any atom is 0.341 e. The molecule has 0 saturated heterocycles. The molecular formula is C13H13NO3. The first-order valence-corrected chi connectivity index (χ1v) is 5.25. The van der Waals surface area contributed by atoms with Crippen LogP contribution in [0, 0.1) is 6.92 Å². The van der Waals surface area contributed by atoms with Crippen molar-refractivity contribution in [2.24, 2.45) is 0 Å². The summed E-state index contributed by atoms with van der Waals surface area (Å²) < 4.78 is 7.15. The van der Waals surface area contributed by atoms with E-state index in [0.29, 0.717) is 5.75 Å². The predicted molar refractivity (Wildman–Crippen MR) is 63.6 cm³/mol. The topological polar surface area (TPSA) is 51.5 Å². The predicted octanol–water partition coefficient (Wildman–Crippen LogP) is 2.25. The number of carbonyl (C=O) groups is 1. The van der Waals surface area contributed by atoms with Crippen molar-refractivity contribution in [1.29, 1.82) is 0 Å². The number of rotatable bonds is 4. The van der Waals surface area contributed by atoms with Gasteiger partial charge in [-0.2, -0.15) is 0 Å². The Bertz CT molecular complexity index is 517. The monoisotopic (exact) mass is 231 g/mol. The Hall–Kier alpha value is -2.23. The summed E-state index contributed by atoms with van der Waals surface area (Å²) in [5.74, 6) is -0.418. The number of aromatic nitrogens is 1. The minimum Gasteiger partial charge on any atom is -0.480 e. The number of nitrogens with zero attached hydrogens (tertiary/aromatic N) is 1. The van der Waals surface area contributed by atoms with Gasteiger partial charge in [0, 0.05) is 12.4 Å². The minimum absolute atomic E-state index is 0.336. The molecule has 1 N–H and O–H groups in total. The molecule has 0 bridgehead atoms. The Balaban J connectivity index is 2.34. The lowest BCUT2D eigenvalue weighted by Gasteiger charge is -2.11. The second-order valence-electron chi connectivity index (χ2n) is 3.74. The fourth-order valence-electron chi connectivity index (χ4n) is 1.59. The van der Waals surface area contributed by atoms with Crippen LogP contribution in [0.3, 0.4) is 0 Å². The average molecular weight is 231 g/mol. The van der Waals surface area contributed by atoms with E-state index in [0.717, 1.165) is 11.3 Å². The quantitative estimate of drug-likeness (QED) is 0.878. The summed E-state index contributed by atoms with van der Waals surface area (Å²) in [7, 11) is 0. The summed E-state index contributed by atoms with van der Waals surface area (Å²) in [6.45, 7) is 1.64. The van der Waals surface area contributed by atoms with Gasteiger partial charge in [-0.1, -0.05) is 6.07 Å². The smallest absolute Gasteiger partial charge is 0.341 e. The Morgan fingerprint density at radius 2 is 2.06 bits per heavy atom. The van der Waals surface area contributed by atoms with Crippen molar-refractivity contribution in [1.82, 2.24) is 4.57 Å². The van der Waals surface area contributed by atoms with Crippen LogP contribution in [-0.4, -0.2) is 22.2 Å². The maximum absolute atomic E-state index is 10.5. The van der Waals surface area contributed by atoms with Crippen molar-refractivity contribution in [3.63, 3.8) is 0 Å². The molecule has 0 amide bonds. The van der Waals surface area contributed by atoms with Crippen molar-refractivity contribution in [3.05, 3.63) is 48.3 Å². The molecule has 4 nitrogen and oxygen atoms in total. The number of aliphatic carboxylic acids is 1. The van der Waals surface area contributed by atoms with Gasteiger partial charge in [0.05, 0.1) is 5.69 Å². The molecule has 0 aliphatic carbocycles. The number of ether oxygens (including phenoxy) is 1. The zero-order valence-electron chi connectivity index (χ0n) is 9.46. The molecule has 1 aromatic heterocycles. The summed E-state index contributed by atoms with van der Waals surface area (Å²) >= 11 is 0. The van der Waals surface area contributed by atoms with Gasteiger partial charge in [0.2, 0.25) is 0 Å². The fourth-order valence-corrected chi connectivity index (χ4v) is 1.59. The number of hydrogen-bond acceptors (Lipinski definition) is 2. The molecular weight excluding hydrogens is 218 g/mol. The molecule has 1 heterocycles. The van der Waals surface area contributed by atoms with Crippen LogP contribution in [0.25, 0.3) is 5.69 Å². The average Bonchev–Trinajstić information content (AvgIpc) is 2.80. The number of benzene rings is 1. The van der Waals surface area contributed by atoms with E-state index in [4.69, 9.17) is 9.84 Å². The van der Waals surface area contributed by atoms with Crippen molar-refractivity contribution in [3.8, 4) is 11.4 Å². The molecule has 1 aromatic carbocycles. The number of carboxylic acid groups (broad SMARTS) is 1. The van der Waals surface area contributed by atoms with E-state index in [2.05, 4.69) is 0 Å². The molecule has 0 unspecified atom stereocenters. The second-order valence-corrected chi connectivity index (χ2v) is 3.74. The van der Waals surface area contributed by atoms with Crippen LogP contribution in [0.4, 0.5) is 0 Å². The highest BCUT2D eigenvalue weighted by molar-refractivity contribution is 5.68. The van der Waals surface area contributed by atoms with Gasteiger partial charge in [0.1, 0.15) is 5.75 Å². The summed E-state index contributed by atoms with van der Waals surface area (Å²) in [4.78, 5) is 10.5. The van der Waals surface area contributed by atoms with Crippen molar-refractivity contribution >= 4 is 5.97 Å². The largest absolute Gasteiger partial charge is 0.480 e. The lowest BCUT2D eigenvalue weighted by atomic mass is 10.2. The van der Waals surface area contributed by atoms with E-state index in [1.54, 1.807) is 6.07 Å². The Morgan fingerprint density at radius 3 is 2.71 bits per heavy atom. The highest BCUT2D eigenvalue weighted by atomic mass is 16.5. The van der Waals surface area contributed by atoms with Crippen LogP contribution in [0.1, 0.15) is 5.56 Å². The summed E-state index contributed by atoms with van der Waals surface area (Å²) in [6.07, 6.45) is 3.78. The zero-order valence-corrected chi connectivity index (χ0v) is 9.46. The Kier molecular flexibility index (Phi) is 3.14. The number of aryl methyl sites for hydroxylation is 1. The van der Waals surface area contributed by atoms with E-state index in [-0.39, 0.29) is 6.61 Å². The number of hydrogen-bond donors (Lipinski definition) is 1. The van der Waals surface area contributed by atoms with E-state index in [9.17, 15) is 4.79 Å². The van der Waals surface area contributed by atoms with Gasteiger partial charge in [-0.25, -0.2) is 4.79 Å². The summed E-state index contributed by atoms with van der Waals surface area (Å²) in [5.41, 5.74) is 1.94. The molecule has 0 fully saturated rings. The van der Waals surface area contributed by atoms with E-state index in [1.165, 1.54) is 0 Å². The maximum atomic E-state index is 10.5. The minimum atomic E-state index is -0.982. The van der Waals surface area contributed by atoms with Crippen molar-refractivity contribution < 1.29 is 14.6 Å². The molecule has 17 heavy (non-hydrogen) atoms. The molecule has 88 valence electrons. The van der Waals surface area contributed by atoms with Gasteiger partial charge < -0.3 is 14.4 Å². The standard InChI is InChI=1S/C13H13NO3/c1-10-4-5-12(17-9-13(15)16)11(8-10)14-6-2-3-7-14/h2-8H,9H2,1H3,(H,15,16). The van der Waals surface area contributed by atoms with Crippen molar-refractivity contribution in [2.75, 3.05) is 6.61 Å². The van der Waals surface area contributed by atoms with Gasteiger partial charge >= 0.3 is 5.97 Å². The lowest BCUT2D eigenvalue weighted by Crippen LogP contribution is -2.10. The second kappa shape index (κ2) is 4.74. The van der Waals surface area contributed by atoms with Gasteiger partial charge in [0.15, 0.2) is 6.61 Å². The molecule has 0 aliphatic rings. The lowest BCUT2D eigenvalue weighted by molar-refractivity contribution is -0.139. The fraction of sp³-hybridized carbons (Fsp3) is 0.154. The van der Waals surface area contributed by atoms with E-state index in [1.807, 2.05) is 48.1 Å². The SMILES string of the molecule is Cc1ccc(OCC(=O)O)c(-n2cccc2)c1. The highest BCUT2D eigenvalue weighted by Crippen LogP contribution is 2.24. The first kappa shape index (κ1) is 11.3. The molecule has 4 heteroatoms. The molecule has 0 saturated carbocycles. The molecule has 2 rings (SSSR count). The van der Waals surface area contributed by atoms with Crippen LogP contribution in [0.15, 0.2) is 42.7 Å². The molecule has 0 radical (unpaired) electrons. The van der Waals surface area contributed by atoms with Crippen LogP contribution in [0.2, 0.25) is 0 Å². The van der Waals surface area contributed by atoms with Crippen LogP contribution in [-0.2, 0) is 4.79 Å². The molecule has 0 atom stereocenters.